The summed E-state index contributed by atoms with van der Waals surface area (Å²) in [5, 5.41) is 32.4. The molecule has 0 heterocycles. The Bertz CT molecular complexity index is 573. The number of nitrogens with zero attached hydrogens (tertiary/aromatic N) is 3. The van der Waals surface area contributed by atoms with Crippen molar-refractivity contribution in [2.45, 2.75) is 0 Å². The highest BCUT2D eigenvalue weighted by atomic mass is 19.1. The Morgan fingerprint density at radius 2 is 1.10 bits per heavy atom. The average molecular weight is 291 g/mol. The van der Waals surface area contributed by atoms with Crippen LogP contribution in [0.25, 0.3) is 0 Å². The first-order valence-electron chi connectivity index (χ1n) is 4.68. The van der Waals surface area contributed by atoms with Gasteiger partial charge in [-0.2, -0.15) is 4.39 Å². The molecule has 0 unspecified atom stereocenters. The smallest absolute Gasteiger partial charge is 0.367 e. The number of rotatable bonds is 5. The van der Waals surface area contributed by atoms with E-state index in [2.05, 4.69) is 9.47 Å². The molecule has 0 radical (unpaired) electrons. The van der Waals surface area contributed by atoms with E-state index in [1.54, 1.807) is 0 Å². The summed E-state index contributed by atoms with van der Waals surface area (Å²) < 4.78 is 22.7. The Balaban J connectivity index is 4.05. The Hall–Kier alpha value is -3.05. The molecule has 1 rings (SSSR count). The third kappa shape index (κ3) is 2.13. The van der Waals surface area contributed by atoms with Crippen molar-refractivity contribution in [1.29, 1.82) is 0 Å². The third-order valence-electron chi connectivity index (χ3n) is 2.23. The zero-order valence-electron chi connectivity index (χ0n) is 9.99. The molecule has 20 heavy (non-hydrogen) atoms. The number of hydrogen-bond acceptors (Lipinski definition) is 8. The van der Waals surface area contributed by atoms with Gasteiger partial charge in [-0.3, -0.25) is 30.3 Å². The maximum Gasteiger partial charge on any atom is 0.367 e. The fourth-order valence-electron chi connectivity index (χ4n) is 1.52. The highest BCUT2D eigenvalue weighted by Crippen LogP contribution is 2.51. The molecule has 0 atom stereocenters. The summed E-state index contributed by atoms with van der Waals surface area (Å²) in [5.74, 6) is -4.03. The van der Waals surface area contributed by atoms with Crippen LogP contribution in [-0.2, 0) is 0 Å². The number of ether oxygens (including phenoxy) is 2. The Labute approximate surface area is 109 Å². The molecule has 0 spiro atoms. The number of methoxy groups -OCH3 is 2. The number of hydrogen-bond donors (Lipinski definition) is 0. The lowest BCUT2D eigenvalue weighted by molar-refractivity contribution is -0.409. The van der Waals surface area contributed by atoms with Crippen LogP contribution in [0.4, 0.5) is 21.5 Å². The van der Waals surface area contributed by atoms with Gasteiger partial charge >= 0.3 is 17.1 Å². The predicted molar refractivity (Wildman–Crippen MR) is 59.5 cm³/mol. The van der Waals surface area contributed by atoms with E-state index in [1.807, 2.05) is 0 Å². The SMILES string of the molecule is COc1c([N+](=O)[O-])c(F)c([N+](=O)[O-])c(OC)c1[N+](=O)[O-]. The van der Waals surface area contributed by atoms with Gasteiger partial charge in [-0.1, -0.05) is 0 Å². The maximum absolute atomic E-state index is 13.8. The van der Waals surface area contributed by atoms with Gasteiger partial charge in [0.15, 0.2) is 0 Å². The van der Waals surface area contributed by atoms with Crippen LogP contribution < -0.4 is 9.47 Å². The molecule has 1 aromatic carbocycles. The molecule has 0 fully saturated rings. The third-order valence-corrected chi connectivity index (χ3v) is 2.23. The molecule has 0 saturated heterocycles. The van der Waals surface area contributed by atoms with E-state index in [-0.39, 0.29) is 0 Å². The van der Waals surface area contributed by atoms with E-state index in [4.69, 9.17) is 0 Å². The second-order valence-electron chi connectivity index (χ2n) is 3.20. The lowest BCUT2D eigenvalue weighted by atomic mass is 10.2. The Kier molecular flexibility index (Phi) is 3.97. The quantitative estimate of drug-likeness (QED) is 0.586. The molecule has 11 nitrogen and oxygen atoms in total. The molecule has 0 saturated carbocycles. The van der Waals surface area contributed by atoms with Gasteiger partial charge in [0.2, 0.25) is 0 Å². The standard InChI is InChI=1S/C8H6FN3O8/c1-19-7-4(10(13)14)3(9)5(11(15)16)8(20-2)6(7)12(17)18/h1-2H3. The Morgan fingerprint density at radius 1 is 0.800 bits per heavy atom. The summed E-state index contributed by atoms with van der Waals surface area (Å²) >= 11 is 0. The predicted octanol–water partition coefficient (Wildman–Crippen LogP) is 1.57. The zero-order chi connectivity index (χ0) is 15.6. The first kappa shape index (κ1) is 15.0. The van der Waals surface area contributed by atoms with Crippen LogP contribution in [0.2, 0.25) is 0 Å². The van der Waals surface area contributed by atoms with Gasteiger partial charge in [0.1, 0.15) is 0 Å². The van der Waals surface area contributed by atoms with E-state index in [9.17, 15) is 34.7 Å². The number of nitro groups is 3. The van der Waals surface area contributed by atoms with E-state index in [0.717, 1.165) is 14.2 Å². The highest BCUT2D eigenvalue weighted by molar-refractivity contribution is 5.75. The van der Waals surface area contributed by atoms with E-state index < -0.39 is 49.1 Å². The molecule has 0 aromatic heterocycles. The molecule has 1 aromatic rings. The van der Waals surface area contributed by atoms with Gasteiger partial charge < -0.3 is 9.47 Å². The minimum Gasteiger partial charge on any atom is -0.485 e. The monoisotopic (exact) mass is 291 g/mol. The van der Waals surface area contributed by atoms with Crippen molar-refractivity contribution in [3.63, 3.8) is 0 Å². The molecule has 108 valence electrons. The van der Waals surface area contributed by atoms with Gasteiger partial charge in [0, 0.05) is 0 Å². The lowest BCUT2D eigenvalue weighted by Crippen LogP contribution is -2.07. The van der Waals surface area contributed by atoms with Crippen molar-refractivity contribution >= 4 is 17.1 Å². The van der Waals surface area contributed by atoms with Crippen molar-refractivity contribution in [3.8, 4) is 11.5 Å². The van der Waals surface area contributed by atoms with Gasteiger partial charge in [0.05, 0.1) is 29.0 Å². The highest BCUT2D eigenvalue weighted by Gasteiger charge is 2.44. The first-order chi connectivity index (χ1) is 9.27. The van der Waals surface area contributed by atoms with Crippen LogP contribution in [-0.4, -0.2) is 29.0 Å². The number of nitro benzene ring substituents is 3. The summed E-state index contributed by atoms with van der Waals surface area (Å²) in [6.45, 7) is 0. The second kappa shape index (κ2) is 5.29. The second-order valence-corrected chi connectivity index (χ2v) is 3.20. The van der Waals surface area contributed by atoms with Crippen LogP contribution in [0.3, 0.4) is 0 Å². The van der Waals surface area contributed by atoms with Crippen molar-refractivity contribution in [2.24, 2.45) is 0 Å². The summed E-state index contributed by atoms with van der Waals surface area (Å²) in [6.07, 6.45) is 0. The molecule has 0 N–H and O–H groups in total. The van der Waals surface area contributed by atoms with Crippen LogP contribution in [0, 0.1) is 36.2 Å². The fraction of sp³-hybridized carbons (Fsp3) is 0.250. The molecular weight excluding hydrogens is 285 g/mol. The molecule has 0 bridgehead atoms. The summed E-state index contributed by atoms with van der Waals surface area (Å²) in [6, 6.07) is 0. The molecule has 0 aliphatic heterocycles. The average Bonchev–Trinajstić information content (AvgIpc) is 2.35. The topological polar surface area (TPSA) is 148 Å². The fourth-order valence-corrected chi connectivity index (χ4v) is 1.52. The number of halogens is 1. The van der Waals surface area contributed by atoms with Crippen molar-refractivity contribution in [2.75, 3.05) is 14.2 Å². The van der Waals surface area contributed by atoms with Gasteiger partial charge in [-0.15, -0.1) is 0 Å². The van der Waals surface area contributed by atoms with Gasteiger partial charge in [-0.05, 0) is 0 Å². The summed E-state index contributed by atoms with van der Waals surface area (Å²) in [4.78, 5) is 28.5. The molecule has 0 aliphatic rings. The van der Waals surface area contributed by atoms with Crippen LogP contribution in [0.5, 0.6) is 11.5 Å². The van der Waals surface area contributed by atoms with Crippen molar-refractivity contribution in [1.82, 2.24) is 0 Å². The van der Waals surface area contributed by atoms with Crippen LogP contribution in [0.15, 0.2) is 0 Å². The number of benzene rings is 1. The molecule has 0 aliphatic carbocycles. The van der Waals surface area contributed by atoms with Crippen molar-refractivity contribution < 1.29 is 28.6 Å². The first-order valence-corrected chi connectivity index (χ1v) is 4.68. The van der Waals surface area contributed by atoms with E-state index in [0.29, 0.717) is 0 Å². The largest absolute Gasteiger partial charge is 0.485 e. The summed E-state index contributed by atoms with van der Waals surface area (Å²) in [7, 11) is 1.64. The normalized spacial score (nSPS) is 9.95. The maximum atomic E-state index is 13.8. The van der Waals surface area contributed by atoms with E-state index >= 15 is 0 Å². The Morgan fingerprint density at radius 3 is 1.30 bits per heavy atom. The van der Waals surface area contributed by atoms with Crippen LogP contribution >= 0.6 is 0 Å². The minimum atomic E-state index is -1.89. The molecular formula is C8H6FN3O8. The summed E-state index contributed by atoms with van der Waals surface area (Å²) in [5.41, 5.74) is -4.21. The zero-order valence-corrected chi connectivity index (χ0v) is 9.99. The van der Waals surface area contributed by atoms with Crippen LogP contribution in [0.1, 0.15) is 0 Å². The van der Waals surface area contributed by atoms with E-state index in [1.165, 1.54) is 0 Å². The van der Waals surface area contributed by atoms with Gasteiger partial charge in [-0.25, -0.2) is 0 Å². The lowest BCUT2D eigenvalue weighted by Gasteiger charge is -2.08. The van der Waals surface area contributed by atoms with Crippen molar-refractivity contribution in [3.05, 3.63) is 36.2 Å². The molecule has 0 amide bonds. The van der Waals surface area contributed by atoms with Gasteiger partial charge in [0.25, 0.3) is 17.3 Å². The molecule has 12 heteroatoms. The minimum absolute atomic E-state index is 0.819.